The molecule has 0 saturated heterocycles. The maximum atomic E-state index is 9.49. The van der Waals surface area contributed by atoms with Gasteiger partial charge in [-0.2, -0.15) is 5.10 Å². The second-order valence-corrected chi connectivity index (χ2v) is 7.06. The molecule has 0 spiro atoms. The molecular weight excluding hydrogens is 342 g/mol. The van der Waals surface area contributed by atoms with Crippen LogP contribution >= 0.6 is 11.3 Å². The van der Waals surface area contributed by atoms with Gasteiger partial charge < -0.3 is 5.11 Å². The molecule has 1 aromatic heterocycles. The van der Waals surface area contributed by atoms with E-state index in [0.717, 1.165) is 27.3 Å². The lowest BCUT2D eigenvalue weighted by Gasteiger charge is -2.08. The molecule has 0 saturated carbocycles. The third-order valence-corrected chi connectivity index (χ3v) is 5.17. The number of aryl methyl sites for hydroxylation is 2. The predicted octanol–water partition coefficient (Wildman–Crippen LogP) is 4.73. The number of hydrogen-bond acceptors (Lipinski definition) is 4. The summed E-state index contributed by atoms with van der Waals surface area (Å²) in [7, 11) is 0. The topological polar surface area (TPSA) is 49.9 Å². The van der Waals surface area contributed by atoms with E-state index in [1.54, 1.807) is 23.5 Å². The largest absolute Gasteiger partial charge is 0.508 e. The standard InChI is InChI=1S/C21H23N3OS/c1-5-22-21-24(23-16(4)17-8-10-19(25)11-9-17)20(13-26-21)18-7-6-14(2)15(3)12-18/h6-13,25H,5H2,1-4H3. The molecule has 0 radical (unpaired) electrons. The van der Waals surface area contributed by atoms with Gasteiger partial charge in [-0.3, -0.25) is 4.99 Å². The van der Waals surface area contributed by atoms with Gasteiger partial charge in [0.2, 0.25) is 4.80 Å². The molecule has 0 bridgehead atoms. The average molecular weight is 366 g/mol. The van der Waals surface area contributed by atoms with Crippen LogP contribution in [0.4, 0.5) is 0 Å². The van der Waals surface area contributed by atoms with Crippen LogP contribution in [0.25, 0.3) is 11.3 Å². The van der Waals surface area contributed by atoms with Crippen LogP contribution in [0.2, 0.25) is 0 Å². The quantitative estimate of drug-likeness (QED) is 0.668. The molecule has 4 nitrogen and oxygen atoms in total. The fraction of sp³-hybridized carbons (Fsp3) is 0.238. The minimum absolute atomic E-state index is 0.252. The Kier molecular flexibility index (Phi) is 5.38. The first kappa shape index (κ1) is 18.1. The third kappa shape index (κ3) is 3.78. The fourth-order valence-corrected chi connectivity index (χ4v) is 3.54. The molecule has 134 valence electrons. The number of aromatic hydroxyl groups is 1. The van der Waals surface area contributed by atoms with E-state index in [2.05, 4.69) is 42.4 Å². The Hall–Kier alpha value is -2.66. The van der Waals surface area contributed by atoms with Crippen molar-refractivity contribution in [2.75, 3.05) is 6.54 Å². The van der Waals surface area contributed by atoms with Gasteiger partial charge in [-0.15, -0.1) is 11.3 Å². The molecule has 0 aliphatic carbocycles. The first-order valence-electron chi connectivity index (χ1n) is 8.63. The van der Waals surface area contributed by atoms with Gasteiger partial charge in [-0.05, 0) is 74.7 Å². The zero-order valence-electron chi connectivity index (χ0n) is 15.5. The monoisotopic (exact) mass is 365 g/mol. The van der Waals surface area contributed by atoms with Crippen molar-refractivity contribution in [3.05, 3.63) is 69.3 Å². The number of rotatable bonds is 4. The smallest absolute Gasteiger partial charge is 0.206 e. The van der Waals surface area contributed by atoms with Gasteiger partial charge in [0.15, 0.2) is 0 Å². The van der Waals surface area contributed by atoms with Crippen LogP contribution in [0.3, 0.4) is 0 Å². The lowest BCUT2D eigenvalue weighted by atomic mass is 10.1. The van der Waals surface area contributed by atoms with Gasteiger partial charge in [-0.25, -0.2) is 4.68 Å². The van der Waals surface area contributed by atoms with E-state index >= 15 is 0 Å². The van der Waals surface area contributed by atoms with Crippen molar-refractivity contribution >= 4 is 17.0 Å². The lowest BCUT2D eigenvalue weighted by molar-refractivity contribution is 0.475. The van der Waals surface area contributed by atoms with Crippen molar-refractivity contribution < 1.29 is 5.11 Å². The molecule has 1 N–H and O–H groups in total. The Morgan fingerprint density at radius 2 is 1.81 bits per heavy atom. The first-order chi connectivity index (χ1) is 12.5. The molecule has 3 rings (SSSR count). The maximum absolute atomic E-state index is 9.49. The van der Waals surface area contributed by atoms with E-state index in [1.165, 1.54) is 11.1 Å². The highest BCUT2D eigenvalue weighted by molar-refractivity contribution is 7.07. The van der Waals surface area contributed by atoms with Gasteiger partial charge in [0.05, 0.1) is 11.4 Å². The molecule has 0 amide bonds. The number of thiazole rings is 1. The Bertz CT molecular complexity index is 1010. The van der Waals surface area contributed by atoms with Crippen molar-refractivity contribution in [1.82, 2.24) is 4.68 Å². The van der Waals surface area contributed by atoms with Crippen LogP contribution in [-0.4, -0.2) is 22.0 Å². The second kappa shape index (κ2) is 7.70. The molecule has 0 atom stereocenters. The SMILES string of the molecule is CCN=c1scc(-c2ccc(C)c(C)c2)n1N=C(C)c1ccc(O)cc1. The second-order valence-electron chi connectivity index (χ2n) is 6.22. The van der Waals surface area contributed by atoms with E-state index in [-0.39, 0.29) is 5.75 Å². The summed E-state index contributed by atoms with van der Waals surface area (Å²) in [4.78, 5) is 5.46. The van der Waals surface area contributed by atoms with Gasteiger partial charge in [-0.1, -0.05) is 12.1 Å². The van der Waals surface area contributed by atoms with Gasteiger partial charge in [0.25, 0.3) is 0 Å². The normalized spacial score (nSPS) is 12.6. The van der Waals surface area contributed by atoms with Crippen LogP contribution in [0.15, 0.2) is 57.9 Å². The van der Waals surface area contributed by atoms with Crippen molar-refractivity contribution in [1.29, 1.82) is 0 Å². The van der Waals surface area contributed by atoms with E-state index in [9.17, 15) is 5.11 Å². The summed E-state index contributed by atoms with van der Waals surface area (Å²) in [6.45, 7) is 8.94. The Balaban J connectivity index is 2.14. The Morgan fingerprint density at radius 3 is 2.46 bits per heavy atom. The molecular formula is C21H23N3OS. The number of hydrogen-bond donors (Lipinski definition) is 1. The lowest BCUT2D eigenvalue weighted by Crippen LogP contribution is -2.14. The van der Waals surface area contributed by atoms with Crippen molar-refractivity contribution in [2.45, 2.75) is 27.7 Å². The summed E-state index contributed by atoms with van der Waals surface area (Å²) in [6.07, 6.45) is 0. The Labute approximate surface area is 157 Å². The molecule has 26 heavy (non-hydrogen) atoms. The molecule has 3 aromatic rings. The molecule has 0 aliphatic rings. The van der Waals surface area contributed by atoms with Crippen LogP contribution < -0.4 is 4.80 Å². The van der Waals surface area contributed by atoms with E-state index in [1.807, 2.05) is 30.7 Å². The van der Waals surface area contributed by atoms with E-state index in [4.69, 9.17) is 5.10 Å². The summed E-state index contributed by atoms with van der Waals surface area (Å²) < 4.78 is 1.92. The predicted molar refractivity (Wildman–Crippen MR) is 109 cm³/mol. The zero-order chi connectivity index (χ0) is 18.7. The zero-order valence-corrected chi connectivity index (χ0v) is 16.3. The number of aromatic nitrogens is 1. The van der Waals surface area contributed by atoms with Crippen LogP contribution in [0.5, 0.6) is 5.75 Å². The number of phenolic OH excluding ortho intramolecular Hbond substituents is 1. The summed E-state index contributed by atoms with van der Waals surface area (Å²) in [6, 6.07) is 13.5. The number of phenols is 1. The summed E-state index contributed by atoms with van der Waals surface area (Å²) in [5, 5.41) is 16.4. The highest BCUT2D eigenvalue weighted by Crippen LogP contribution is 2.23. The summed E-state index contributed by atoms with van der Waals surface area (Å²) >= 11 is 1.59. The van der Waals surface area contributed by atoms with E-state index < -0.39 is 0 Å². The van der Waals surface area contributed by atoms with Gasteiger partial charge >= 0.3 is 0 Å². The molecule has 1 heterocycles. The third-order valence-electron chi connectivity index (χ3n) is 4.32. The number of benzene rings is 2. The molecule has 0 fully saturated rings. The molecule has 0 aliphatic heterocycles. The maximum Gasteiger partial charge on any atom is 0.206 e. The Morgan fingerprint density at radius 1 is 1.08 bits per heavy atom. The van der Waals surface area contributed by atoms with Crippen molar-refractivity contribution in [2.24, 2.45) is 10.1 Å². The molecule has 2 aromatic carbocycles. The van der Waals surface area contributed by atoms with Crippen LogP contribution in [-0.2, 0) is 0 Å². The minimum Gasteiger partial charge on any atom is -0.508 e. The minimum atomic E-state index is 0.252. The summed E-state index contributed by atoms with van der Waals surface area (Å²) in [5.74, 6) is 0.252. The average Bonchev–Trinajstić information content (AvgIpc) is 3.01. The summed E-state index contributed by atoms with van der Waals surface area (Å²) in [5.41, 5.74) is 6.53. The highest BCUT2D eigenvalue weighted by Gasteiger charge is 2.09. The van der Waals surface area contributed by atoms with Gasteiger partial charge in [0, 0.05) is 17.5 Å². The first-order valence-corrected chi connectivity index (χ1v) is 9.51. The fourth-order valence-electron chi connectivity index (χ4n) is 2.65. The molecule has 5 heteroatoms. The van der Waals surface area contributed by atoms with Crippen molar-refractivity contribution in [3.63, 3.8) is 0 Å². The highest BCUT2D eigenvalue weighted by atomic mass is 32.1. The van der Waals surface area contributed by atoms with Gasteiger partial charge in [0.1, 0.15) is 5.75 Å². The van der Waals surface area contributed by atoms with Crippen LogP contribution in [0.1, 0.15) is 30.5 Å². The molecule has 0 unspecified atom stereocenters. The van der Waals surface area contributed by atoms with Crippen LogP contribution in [0, 0.1) is 13.8 Å². The van der Waals surface area contributed by atoms with E-state index in [0.29, 0.717) is 6.54 Å². The number of nitrogens with zero attached hydrogens (tertiary/aromatic N) is 3. The van der Waals surface area contributed by atoms with Crippen molar-refractivity contribution in [3.8, 4) is 17.0 Å².